The van der Waals surface area contributed by atoms with Gasteiger partial charge < -0.3 is 5.73 Å². The van der Waals surface area contributed by atoms with Crippen molar-refractivity contribution >= 4 is 45.0 Å². The molecule has 0 unspecified atom stereocenters. The molecular formula is C14H17BrClN3S. The van der Waals surface area contributed by atoms with Crippen LogP contribution in [-0.4, -0.2) is 9.78 Å². The van der Waals surface area contributed by atoms with Gasteiger partial charge in [-0.15, -0.1) is 11.8 Å². The first-order valence-corrected chi connectivity index (χ1v) is 8.64. The van der Waals surface area contributed by atoms with Gasteiger partial charge in [-0.25, -0.2) is 0 Å². The van der Waals surface area contributed by atoms with E-state index in [0.29, 0.717) is 5.02 Å². The van der Waals surface area contributed by atoms with E-state index in [-0.39, 0.29) is 0 Å². The second-order valence-corrected chi connectivity index (χ2v) is 6.51. The lowest BCUT2D eigenvalue weighted by atomic mass is 10.3. The molecule has 3 nitrogen and oxygen atoms in total. The molecule has 0 bridgehead atoms. The summed E-state index contributed by atoms with van der Waals surface area (Å²) in [5.41, 5.74) is 8.97. The topological polar surface area (TPSA) is 43.8 Å². The number of nitrogen functional groups attached to an aromatic ring is 1. The van der Waals surface area contributed by atoms with Gasteiger partial charge in [0.15, 0.2) is 0 Å². The fraction of sp³-hybridized carbons (Fsp3) is 0.357. The first-order chi connectivity index (χ1) is 9.58. The zero-order valence-electron chi connectivity index (χ0n) is 11.5. The number of hydrogen-bond acceptors (Lipinski definition) is 3. The van der Waals surface area contributed by atoms with E-state index in [1.54, 1.807) is 11.8 Å². The van der Waals surface area contributed by atoms with Gasteiger partial charge in [0.2, 0.25) is 0 Å². The Hall–Kier alpha value is -0.650. The van der Waals surface area contributed by atoms with Gasteiger partial charge in [0, 0.05) is 22.9 Å². The standard InChI is InChI=1S/C14H17BrClN3S/c1-3-11-13(15)12(19(4-2)18-11)8-20-14-9(16)6-5-7-10(14)17/h5-7H,3-4,8,17H2,1-2H3. The Bertz CT molecular complexity index is 592. The highest BCUT2D eigenvalue weighted by Crippen LogP contribution is 2.36. The molecule has 0 radical (unpaired) electrons. The molecule has 0 atom stereocenters. The maximum Gasteiger partial charge on any atom is 0.0767 e. The first-order valence-electron chi connectivity index (χ1n) is 6.49. The first kappa shape index (κ1) is 15.7. The van der Waals surface area contributed by atoms with Crippen molar-refractivity contribution in [1.82, 2.24) is 9.78 Å². The van der Waals surface area contributed by atoms with Crippen LogP contribution in [0.2, 0.25) is 5.02 Å². The second-order valence-electron chi connectivity index (χ2n) is 4.32. The molecule has 0 fully saturated rings. The number of benzene rings is 1. The van der Waals surface area contributed by atoms with Crippen LogP contribution in [0, 0.1) is 0 Å². The normalized spacial score (nSPS) is 11.0. The Morgan fingerprint density at radius 1 is 1.40 bits per heavy atom. The molecule has 0 saturated carbocycles. The van der Waals surface area contributed by atoms with E-state index < -0.39 is 0 Å². The highest BCUT2D eigenvalue weighted by Gasteiger charge is 2.15. The van der Waals surface area contributed by atoms with E-state index in [0.717, 1.165) is 39.5 Å². The zero-order valence-corrected chi connectivity index (χ0v) is 14.6. The Kier molecular flexibility index (Phi) is 5.41. The Labute approximate surface area is 137 Å². The number of nitrogens with zero attached hydrogens (tertiary/aromatic N) is 2. The van der Waals surface area contributed by atoms with Gasteiger partial charge in [-0.1, -0.05) is 24.6 Å². The van der Waals surface area contributed by atoms with E-state index in [4.69, 9.17) is 17.3 Å². The molecule has 0 spiro atoms. The average Bonchev–Trinajstić information content (AvgIpc) is 2.74. The lowest BCUT2D eigenvalue weighted by Gasteiger charge is -2.09. The summed E-state index contributed by atoms with van der Waals surface area (Å²) in [4.78, 5) is 0.933. The van der Waals surface area contributed by atoms with Crippen LogP contribution in [0.15, 0.2) is 27.6 Å². The minimum Gasteiger partial charge on any atom is -0.398 e. The zero-order chi connectivity index (χ0) is 14.7. The monoisotopic (exact) mass is 373 g/mol. The number of halogens is 2. The van der Waals surface area contributed by atoms with Crippen LogP contribution in [0.4, 0.5) is 5.69 Å². The molecule has 6 heteroatoms. The predicted molar refractivity (Wildman–Crippen MR) is 90.4 cm³/mol. The molecule has 108 valence electrons. The van der Waals surface area contributed by atoms with E-state index >= 15 is 0 Å². The van der Waals surface area contributed by atoms with Gasteiger partial charge in [0.1, 0.15) is 0 Å². The minimum absolute atomic E-state index is 0.699. The summed E-state index contributed by atoms with van der Waals surface area (Å²) < 4.78 is 3.13. The molecule has 0 aliphatic carbocycles. The van der Waals surface area contributed by atoms with Gasteiger partial charge >= 0.3 is 0 Å². The molecule has 1 aromatic carbocycles. The van der Waals surface area contributed by atoms with Crippen molar-refractivity contribution in [3.8, 4) is 0 Å². The maximum atomic E-state index is 6.21. The SMILES string of the molecule is CCc1nn(CC)c(CSc2c(N)cccc2Cl)c1Br. The Balaban J connectivity index is 2.25. The van der Waals surface area contributed by atoms with Crippen molar-refractivity contribution in [2.24, 2.45) is 0 Å². The largest absolute Gasteiger partial charge is 0.398 e. The summed E-state index contributed by atoms with van der Waals surface area (Å²) in [5, 5.41) is 5.29. The predicted octanol–water partition coefficient (Wildman–Crippen LogP) is 4.76. The van der Waals surface area contributed by atoms with Crippen molar-refractivity contribution in [2.75, 3.05) is 5.73 Å². The third-order valence-corrected chi connectivity index (χ3v) is 5.55. The smallest absolute Gasteiger partial charge is 0.0767 e. The van der Waals surface area contributed by atoms with Crippen molar-refractivity contribution < 1.29 is 0 Å². The van der Waals surface area contributed by atoms with E-state index in [1.165, 1.54) is 5.69 Å². The highest BCUT2D eigenvalue weighted by atomic mass is 79.9. The van der Waals surface area contributed by atoms with Crippen LogP contribution in [0.25, 0.3) is 0 Å². The van der Waals surface area contributed by atoms with Crippen LogP contribution in [0.1, 0.15) is 25.2 Å². The summed E-state index contributed by atoms with van der Waals surface area (Å²) in [6, 6.07) is 5.60. The van der Waals surface area contributed by atoms with Crippen LogP contribution >= 0.6 is 39.3 Å². The number of aromatic nitrogens is 2. The fourth-order valence-electron chi connectivity index (χ4n) is 1.97. The van der Waals surface area contributed by atoms with Gasteiger partial charge in [0.25, 0.3) is 0 Å². The highest BCUT2D eigenvalue weighted by molar-refractivity contribution is 9.10. The number of aryl methyl sites for hydroxylation is 2. The molecule has 0 saturated heterocycles. The molecule has 0 aliphatic heterocycles. The van der Waals surface area contributed by atoms with Crippen molar-refractivity contribution in [2.45, 2.75) is 37.5 Å². The van der Waals surface area contributed by atoms with Crippen LogP contribution in [-0.2, 0) is 18.7 Å². The minimum atomic E-state index is 0.699. The Morgan fingerprint density at radius 3 is 2.75 bits per heavy atom. The molecule has 1 heterocycles. The third-order valence-electron chi connectivity index (χ3n) is 3.04. The molecule has 2 rings (SSSR count). The number of anilines is 1. The van der Waals surface area contributed by atoms with E-state index in [1.807, 2.05) is 22.9 Å². The molecular weight excluding hydrogens is 358 g/mol. The van der Waals surface area contributed by atoms with Gasteiger partial charge in [-0.05, 0) is 41.4 Å². The molecule has 0 amide bonds. The van der Waals surface area contributed by atoms with Crippen molar-refractivity contribution in [1.29, 1.82) is 0 Å². The average molecular weight is 375 g/mol. The van der Waals surface area contributed by atoms with Crippen LogP contribution in [0.5, 0.6) is 0 Å². The van der Waals surface area contributed by atoms with E-state index in [9.17, 15) is 0 Å². The molecule has 2 aromatic rings. The fourth-order valence-corrected chi connectivity index (χ4v) is 4.22. The lowest BCUT2D eigenvalue weighted by molar-refractivity contribution is 0.627. The number of rotatable bonds is 5. The van der Waals surface area contributed by atoms with Crippen LogP contribution < -0.4 is 5.73 Å². The number of thioether (sulfide) groups is 1. The van der Waals surface area contributed by atoms with Gasteiger partial charge in [0.05, 0.1) is 20.9 Å². The summed E-state index contributed by atoms with van der Waals surface area (Å²) in [6.45, 7) is 5.06. The molecule has 0 aliphatic rings. The van der Waals surface area contributed by atoms with Crippen molar-refractivity contribution in [3.63, 3.8) is 0 Å². The summed E-state index contributed by atoms with van der Waals surface area (Å²) in [7, 11) is 0. The molecule has 2 N–H and O–H groups in total. The van der Waals surface area contributed by atoms with Crippen molar-refractivity contribution in [3.05, 3.63) is 39.1 Å². The van der Waals surface area contributed by atoms with Gasteiger partial charge in [-0.2, -0.15) is 5.10 Å². The quantitative estimate of drug-likeness (QED) is 0.606. The number of nitrogens with two attached hydrogens (primary N) is 1. The third kappa shape index (κ3) is 3.15. The van der Waals surface area contributed by atoms with E-state index in [2.05, 4.69) is 34.9 Å². The summed E-state index contributed by atoms with van der Waals surface area (Å²) in [5.74, 6) is 0.787. The summed E-state index contributed by atoms with van der Waals surface area (Å²) >= 11 is 11.5. The van der Waals surface area contributed by atoms with Gasteiger partial charge in [-0.3, -0.25) is 4.68 Å². The maximum absolute atomic E-state index is 6.21. The molecule has 1 aromatic heterocycles. The summed E-state index contributed by atoms with van der Waals surface area (Å²) in [6.07, 6.45) is 0.916. The van der Waals surface area contributed by atoms with Crippen LogP contribution in [0.3, 0.4) is 0 Å². The number of hydrogen-bond donors (Lipinski definition) is 1. The molecule has 20 heavy (non-hydrogen) atoms. The Morgan fingerprint density at radius 2 is 2.15 bits per heavy atom. The second kappa shape index (κ2) is 6.87. The lowest BCUT2D eigenvalue weighted by Crippen LogP contribution is -2.02.